The summed E-state index contributed by atoms with van der Waals surface area (Å²) in [7, 11) is -1.63. The zero-order valence-electron chi connectivity index (χ0n) is 14.0. The molecule has 0 saturated heterocycles. The molecule has 1 amide bonds. The maximum Gasteiger partial charge on any atom is 0.226 e. The van der Waals surface area contributed by atoms with E-state index in [1.807, 2.05) is 4.90 Å². The van der Waals surface area contributed by atoms with Gasteiger partial charge >= 0.3 is 0 Å². The van der Waals surface area contributed by atoms with E-state index in [0.29, 0.717) is 26.2 Å². The molecule has 0 bridgehead atoms. The number of hydrogen-bond donors (Lipinski definition) is 1. The predicted octanol–water partition coefficient (Wildman–Crippen LogP) is 0.0746. The second-order valence-electron chi connectivity index (χ2n) is 6.44. The van der Waals surface area contributed by atoms with E-state index in [0.717, 1.165) is 36.3 Å². The predicted molar refractivity (Wildman–Crippen MR) is 89.8 cm³/mol. The summed E-state index contributed by atoms with van der Waals surface area (Å²) in [5.74, 6) is 1.20. The van der Waals surface area contributed by atoms with Crippen molar-refractivity contribution in [3.63, 3.8) is 0 Å². The minimum absolute atomic E-state index is 0.220. The fourth-order valence-corrected chi connectivity index (χ4v) is 3.20. The Balaban J connectivity index is 1.62. The van der Waals surface area contributed by atoms with Gasteiger partial charge in [0.05, 0.1) is 18.5 Å². The van der Waals surface area contributed by atoms with Gasteiger partial charge in [0.15, 0.2) is 0 Å². The van der Waals surface area contributed by atoms with E-state index >= 15 is 0 Å². The number of amides is 1. The second-order valence-corrected chi connectivity index (χ2v) is 8.53. The Kier molecular flexibility index (Phi) is 4.73. The Bertz CT molecular complexity index is 733. The highest BCUT2D eigenvalue weighted by Gasteiger charge is 2.35. The number of fused-ring (bicyclic) bond motifs is 1. The lowest BCUT2D eigenvalue weighted by molar-refractivity contribution is -0.133. The molecule has 2 aliphatic rings. The van der Waals surface area contributed by atoms with Crippen LogP contribution in [0.5, 0.6) is 0 Å². The molecule has 1 saturated carbocycles. The molecule has 2 heterocycles. The summed E-state index contributed by atoms with van der Waals surface area (Å²) in [5, 5.41) is 3.19. The van der Waals surface area contributed by atoms with E-state index in [2.05, 4.69) is 15.3 Å². The van der Waals surface area contributed by atoms with Crippen LogP contribution in [0.2, 0.25) is 0 Å². The number of nitrogens with one attached hydrogen (secondary N) is 1. The molecule has 1 aliphatic heterocycles. The first-order valence-electron chi connectivity index (χ1n) is 8.13. The van der Waals surface area contributed by atoms with Gasteiger partial charge in [-0.15, -0.1) is 0 Å². The summed E-state index contributed by atoms with van der Waals surface area (Å²) in [6.45, 7) is 2.06. The number of carbonyl (C=O) groups is 1. The zero-order valence-corrected chi connectivity index (χ0v) is 14.8. The highest BCUT2D eigenvalue weighted by atomic mass is 32.2. The Morgan fingerprint density at radius 2 is 2.17 bits per heavy atom. The van der Waals surface area contributed by atoms with Crippen LogP contribution in [0.3, 0.4) is 0 Å². The Labute approximate surface area is 142 Å². The average Bonchev–Trinajstić information content (AvgIpc) is 3.37. The van der Waals surface area contributed by atoms with Crippen LogP contribution in [0.25, 0.3) is 0 Å². The SMILES string of the molecule is CN(CCNc1ncnc2c1CCN(C(=O)C1CC1)C2)S(C)(=O)=O. The number of carbonyl (C=O) groups excluding carboxylic acids is 1. The first kappa shape index (κ1) is 17.1. The Morgan fingerprint density at radius 1 is 1.42 bits per heavy atom. The molecule has 24 heavy (non-hydrogen) atoms. The first-order valence-corrected chi connectivity index (χ1v) is 9.98. The van der Waals surface area contributed by atoms with Crippen LogP contribution < -0.4 is 5.32 Å². The number of rotatable bonds is 6. The van der Waals surface area contributed by atoms with Crippen LogP contribution in [0.4, 0.5) is 5.82 Å². The van der Waals surface area contributed by atoms with Gasteiger partial charge in [0.25, 0.3) is 0 Å². The van der Waals surface area contributed by atoms with Gasteiger partial charge in [-0.05, 0) is 19.3 Å². The van der Waals surface area contributed by atoms with E-state index in [-0.39, 0.29) is 11.8 Å². The van der Waals surface area contributed by atoms with Gasteiger partial charge in [-0.1, -0.05) is 0 Å². The average molecular weight is 353 g/mol. The van der Waals surface area contributed by atoms with Crippen molar-refractivity contribution in [2.45, 2.75) is 25.8 Å². The van der Waals surface area contributed by atoms with Gasteiger partial charge < -0.3 is 10.2 Å². The number of anilines is 1. The standard InChI is InChI=1S/C15H23N5O3S/c1-19(24(2,22)23)8-6-16-14-12-5-7-20(15(21)11-3-4-11)9-13(12)17-10-18-14/h10-11H,3-9H2,1-2H3,(H,16,17,18). The molecule has 0 atom stereocenters. The summed E-state index contributed by atoms with van der Waals surface area (Å²) >= 11 is 0. The van der Waals surface area contributed by atoms with Crippen molar-refractivity contribution in [1.82, 2.24) is 19.2 Å². The van der Waals surface area contributed by atoms with Gasteiger partial charge in [0, 0.05) is 38.2 Å². The van der Waals surface area contributed by atoms with Crippen molar-refractivity contribution in [2.24, 2.45) is 5.92 Å². The molecule has 9 heteroatoms. The van der Waals surface area contributed by atoms with Gasteiger partial charge in [0.2, 0.25) is 15.9 Å². The first-order chi connectivity index (χ1) is 11.4. The maximum absolute atomic E-state index is 12.2. The van der Waals surface area contributed by atoms with Crippen LogP contribution in [0.1, 0.15) is 24.1 Å². The summed E-state index contributed by atoms with van der Waals surface area (Å²) in [5.41, 5.74) is 1.91. The maximum atomic E-state index is 12.2. The Hall–Kier alpha value is -1.74. The summed E-state index contributed by atoms with van der Waals surface area (Å²) < 4.78 is 24.1. The lowest BCUT2D eigenvalue weighted by Gasteiger charge is -2.29. The van der Waals surface area contributed by atoms with Crippen molar-refractivity contribution >= 4 is 21.7 Å². The highest BCUT2D eigenvalue weighted by molar-refractivity contribution is 7.88. The van der Waals surface area contributed by atoms with E-state index in [4.69, 9.17) is 0 Å². The summed E-state index contributed by atoms with van der Waals surface area (Å²) in [6.07, 6.45) is 5.41. The topological polar surface area (TPSA) is 95.5 Å². The molecule has 1 aromatic rings. The number of sulfonamides is 1. The third-order valence-corrected chi connectivity index (χ3v) is 5.85. The minimum Gasteiger partial charge on any atom is -0.368 e. The Morgan fingerprint density at radius 3 is 2.83 bits per heavy atom. The molecule has 132 valence electrons. The van der Waals surface area contributed by atoms with E-state index < -0.39 is 10.0 Å². The van der Waals surface area contributed by atoms with Crippen LogP contribution in [0, 0.1) is 5.92 Å². The molecule has 0 unspecified atom stereocenters. The number of hydrogen-bond acceptors (Lipinski definition) is 6. The smallest absolute Gasteiger partial charge is 0.226 e. The van der Waals surface area contributed by atoms with Crippen molar-refractivity contribution < 1.29 is 13.2 Å². The van der Waals surface area contributed by atoms with Crippen LogP contribution in [0.15, 0.2) is 6.33 Å². The third-order valence-electron chi connectivity index (χ3n) is 4.53. The lowest BCUT2D eigenvalue weighted by atomic mass is 10.0. The molecule has 1 fully saturated rings. The minimum atomic E-state index is -3.18. The number of likely N-dealkylation sites (N-methyl/N-ethyl adjacent to an activating group) is 1. The molecule has 0 radical (unpaired) electrons. The van der Waals surface area contributed by atoms with E-state index in [1.54, 1.807) is 7.05 Å². The monoisotopic (exact) mass is 353 g/mol. The molecule has 1 aliphatic carbocycles. The van der Waals surface area contributed by atoms with Crippen LogP contribution >= 0.6 is 0 Å². The molecule has 8 nitrogen and oxygen atoms in total. The van der Waals surface area contributed by atoms with Crippen molar-refractivity contribution in [1.29, 1.82) is 0 Å². The number of nitrogens with zero attached hydrogens (tertiary/aromatic N) is 4. The molecule has 1 N–H and O–H groups in total. The molecule has 0 spiro atoms. The van der Waals surface area contributed by atoms with E-state index in [1.165, 1.54) is 16.9 Å². The normalized spacial score (nSPS) is 17.7. The van der Waals surface area contributed by atoms with E-state index in [9.17, 15) is 13.2 Å². The molecular formula is C15H23N5O3S. The van der Waals surface area contributed by atoms with Gasteiger partial charge in [-0.25, -0.2) is 22.7 Å². The van der Waals surface area contributed by atoms with Gasteiger partial charge in [-0.3, -0.25) is 4.79 Å². The lowest BCUT2D eigenvalue weighted by Crippen LogP contribution is -2.38. The third kappa shape index (κ3) is 3.84. The van der Waals surface area contributed by atoms with Gasteiger partial charge in [0.1, 0.15) is 12.1 Å². The molecule has 3 rings (SSSR count). The fraction of sp³-hybridized carbons (Fsp3) is 0.667. The summed E-state index contributed by atoms with van der Waals surface area (Å²) in [4.78, 5) is 22.7. The fourth-order valence-electron chi connectivity index (χ4n) is 2.78. The van der Waals surface area contributed by atoms with Gasteiger partial charge in [-0.2, -0.15) is 0 Å². The van der Waals surface area contributed by atoms with Crippen molar-refractivity contribution in [3.05, 3.63) is 17.6 Å². The van der Waals surface area contributed by atoms with Crippen molar-refractivity contribution in [2.75, 3.05) is 38.3 Å². The second kappa shape index (κ2) is 6.64. The molecule has 1 aromatic heterocycles. The number of aromatic nitrogens is 2. The largest absolute Gasteiger partial charge is 0.368 e. The quantitative estimate of drug-likeness (QED) is 0.778. The molecule has 0 aromatic carbocycles. The van der Waals surface area contributed by atoms with Crippen LogP contribution in [-0.4, -0.2) is 66.4 Å². The zero-order chi connectivity index (χ0) is 17.3. The summed E-state index contributed by atoms with van der Waals surface area (Å²) in [6, 6.07) is 0. The highest BCUT2D eigenvalue weighted by Crippen LogP contribution is 2.33. The van der Waals surface area contributed by atoms with Crippen molar-refractivity contribution in [3.8, 4) is 0 Å². The molecular weight excluding hydrogens is 330 g/mol. The van der Waals surface area contributed by atoms with Crippen LogP contribution in [-0.2, 0) is 27.8 Å².